The van der Waals surface area contributed by atoms with Gasteiger partial charge in [0.1, 0.15) is 0 Å². The number of rotatable bonds is 7. The number of benzene rings is 1. The number of carbonyl (C=O) groups is 1. The smallest absolute Gasteiger partial charge is 0.401 e. The number of halogens is 3. The molecule has 0 aliphatic rings. The lowest BCUT2D eigenvalue weighted by molar-refractivity contribution is -0.385. The van der Waals surface area contributed by atoms with Crippen LogP contribution in [0.4, 0.5) is 18.9 Å². The summed E-state index contributed by atoms with van der Waals surface area (Å²) < 4.78 is 37.0. The van der Waals surface area contributed by atoms with Crippen molar-refractivity contribution in [3.05, 3.63) is 39.9 Å². The molecule has 0 aromatic heterocycles. The molecule has 0 atom stereocenters. The molecule has 0 fully saturated rings. The number of hydrogen-bond acceptors (Lipinski definition) is 4. The van der Waals surface area contributed by atoms with E-state index in [1.165, 1.54) is 24.3 Å². The molecule has 0 saturated carbocycles. The first-order chi connectivity index (χ1) is 9.69. The number of nitro groups is 1. The summed E-state index contributed by atoms with van der Waals surface area (Å²) in [6.45, 7) is -2.39. The molecule has 0 saturated heterocycles. The van der Waals surface area contributed by atoms with Gasteiger partial charge in [-0.05, 0) is 6.42 Å². The molecule has 0 aliphatic carbocycles. The highest BCUT2D eigenvalue weighted by atomic mass is 19.4. The summed E-state index contributed by atoms with van der Waals surface area (Å²) in [4.78, 5) is 21.4. The molecule has 116 valence electrons. The molecule has 0 heterocycles. The van der Waals surface area contributed by atoms with Gasteiger partial charge >= 0.3 is 12.1 Å². The number of nitro benzene ring substituents is 1. The molecular weight excluding hydrogens is 293 g/mol. The molecule has 0 radical (unpaired) electrons. The fraction of sp³-hybridized carbons (Fsp3) is 0.417. The van der Waals surface area contributed by atoms with Crippen LogP contribution in [-0.4, -0.2) is 46.7 Å². The fourth-order valence-electron chi connectivity index (χ4n) is 1.84. The minimum Gasteiger partial charge on any atom is -0.480 e. The molecule has 0 unspecified atom stereocenters. The van der Waals surface area contributed by atoms with E-state index >= 15 is 0 Å². The molecular formula is C12H13F3N2O4. The Hall–Kier alpha value is -2.16. The van der Waals surface area contributed by atoms with Crippen molar-refractivity contribution in [2.75, 3.05) is 19.6 Å². The van der Waals surface area contributed by atoms with Crippen molar-refractivity contribution in [3.8, 4) is 0 Å². The molecule has 1 N–H and O–H groups in total. The first kappa shape index (κ1) is 16.9. The SMILES string of the molecule is O=C(O)CN(CCc1ccccc1[N+](=O)[O-])CC(F)(F)F. The van der Waals surface area contributed by atoms with Gasteiger partial charge in [-0.25, -0.2) is 0 Å². The summed E-state index contributed by atoms with van der Waals surface area (Å²) in [5, 5.41) is 19.4. The molecule has 9 heteroatoms. The second kappa shape index (κ2) is 7.02. The summed E-state index contributed by atoms with van der Waals surface area (Å²) in [5.74, 6) is -1.39. The first-order valence-corrected chi connectivity index (χ1v) is 5.92. The highest BCUT2D eigenvalue weighted by Gasteiger charge is 2.31. The molecule has 0 aliphatic heterocycles. The van der Waals surface area contributed by atoms with Crippen molar-refractivity contribution in [2.24, 2.45) is 0 Å². The minimum atomic E-state index is -4.53. The van der Waals surface area contributed by atoms with Crippen molar-refractivity contribution in [2.45, 2.75) is 12.6 Å². The zero-order chi connectivity index (χ0) is 16.0. The Morgan fingerprint density at radius 3 is 2.48 bits per heavy atom. The highest BCUT2D eigenvalue weighted by Crippen LogP contribution is 2.20. The fourth-order valence-corrected chi connectivity index (χ4v) is 1.84. The summed E-state index contributed by atoms with van der Waals surface area (Å²) in [7, 11) is 0. The number of carboxylic acid groups (broad SMARTS) is 1. The number of aliphatic carboxylic acids is 1. The van der Waals surface area contributed by atoms with Crippen LogP contribution in [0.15, 0.2) is 24.3 Å². The summed E-state index contributed by atoms with van der Waals surface area (Å²) in [6.07, 6.45) is -4.57. The number of carboxylic acids is 1. The number of hydrogen-bond donors (Lipinski definition) is 1. The van der Waals surface area contributed by atoms with E-state index in [-0.39, 0.29) is 24.2 Å². The van der Waals surface area contributed by atoms with Gasteiger partial charge in [0.25, 0.3) is 5.69 Å². The Balaban J connectivity index is 2.77. The van der Waals surface area contributed by atoms with E-state index in [0.717, 1.165) is 0 Å². The molecule has 1 aromatic rings. The maximum absolute atomic E-state index is 12.3. The van der Waals surface area contributed by atoms with E-state index in [1.807, 2.05) is 0 Å². The van der Waals surface area contributed by atoms with Gasteiger partial charge in [0.15, 0.2) is 0 Å². The van der Waals surface area contributed by atoms with Crippen LogP contribution in [0.1, 0.15) is 5.56 Å². The summed E-state index contributed by atoms with van der Waals surface area (Å²) in [5.41, 5.74) is 0.0693. The third-order valence-electron chi connectivity index (χ3n) is 2.65. The second-order valence-electron chi connectivity index (χ2n) is 4.36. The largest absolute Gasteiger partial charge is 0.480 e. The van der Waals surface area contributed by atoms with Crippen LogP contribution >= 0.6 is 0 Å². The zero-order valence-electron chi connectivity index (χ0n) is 10.8. The van der Waals surface area contributed by atoms with Crippen LogP contribution in [0.3, 0.4) is 0 Å². The Kier molecular flexibility index (Phi) is 5.65. The van der Waals surface area contributed by atoms with Gasteiger partial charge in [-0.1, -0.05) is 18.2 Å². The van der Waals surface area contributed by atoms with Crippen LogP contribution in [0, 0.1) is 10.1 Å². The third-order valence-corrected chi connectivity index (χ3v) is 2.65. The Morgan fingerprint density at radius 1 is 1.33 bits per heavy atom. The molecule has 6 nitrogen and oxygen atoms in total. The molecule has 21 heavy (non-hydrogen) atoms. The zero-order valence-corrected chi connectivity index (χ0v) is 10.8. The lowest BCUT2D eigenvalue weighted by atomic mass is 10.1. The van der Waals surface area contributed by atoms with Gasteiger partial charge in [-0.15, -0.1) is 0 Å². The topological polar surface area (TPSA) is 83.7 Å². The predicted octanol–water partition coefficient (Wildman–Crippen LogP) is 2.09. The van der Waals surface area contributed by atoms with Gasteiger partial charge in [0.05, 0.1) is 18.0 Å². The average Bonchev–Trinajstić information content (AvgIpc) is 2.33. The molecule has 0 amide bonds. The maximum atomic E-state index is 12.3. The number of alkyl halides is 3. The molecule has 0 bridgehead atoms. The highest BCUT2D eigenvalue weighted by molar-refractivity contribution is 5.69. The van der Waals surface area contributed by atoms with Crippen LogP contribution < -0.4 is 0 Å². The van der Waals surface area contributed by atoms with Gasteiger partial charge in [-0.2, -0.15) is 13.2 Å². The predicted molar refractivity (Wildman–Crippen MR) is 66.9 cm³/mol. The Labute approximate surface area is 117 Å². The third kappa shape index (κ3) is 6.21. The maximum Gasteiger partial charge on any atom is 0.401 e. The molecule has 1 rings (SSSR count). The van der Waals surface area contributed by atoms with Crippen LogP contribution in [-0.2, 0) is 11.2 Å². The van der Waals surface area contributed by atoms with Crippen molar-refractivity contribution in [3.63, 3.8) is 0 Å². The Bertz CT molecular complexity index is 519. The van der Waals surface area contributed by atoms with E-state index in [1.54, 1.807) is 0 Å². The number of para-hydroxylation sites is 1. The number of nitrogens with zero attached hydrogens (tertiary/aromatic N) is 2. The van der Waals surface area contributed by atoms with E-state index in [2.05, 4.69) is 0 Å². The minimum absolute atomic E-state index is 0.0412. The first-order valence-electron chi connectivity index (χ1n) is 5.92. The normalized spacial score (nSPS) is 11.6. The second-order valence-corrected chi connectivity index (χ2v) is 4.36. The standard InChI is InChI=1S/C12H13F3N2O4/c13-12(14,15)8-16(7-11(18)19)6-5-9-3-1-2-4-10(9)17(20)21/h1-4H,5-8H2,(H,18,19). The van der Waals surface area contributed by atoms with Crippen molar-refractivity contribution >= 4 is 11.7 Å². The molecule has 0 spiro atoms. The van der Waals surface area contributed by atoms with Crippen molar-refractivity contribution in [1.29, 1.82) is 0 Å². The lowest BCUT2D eigenvalue weighted by Gasteiger charge is -2.21. The summed E-state index contributed by atoms with van der Waals surface area (Å²) in [6, 6.07) is 5.67. The lowest BCUT2D eigenvalue weighted by Crippen LogP contribution is -2.39. The monoisotopic (exact) mass is 306 g/mol. The van der Waals surface area contributed by atoms with Gasteiger partial charge in [-0.3, -0.25) is 19.8 Å². The Morgan fingerprint density at radius 2 is 1.95 bits per heavy atom. The van der Waals surface area contributed by atoms with Crippen molar-refractivity contribution in [1.82, 2.24) is 4.90 Å². The van der Waals surface area contributed by atoms with E-state index in [9.17, 15) is 28.1 Å². The van der Waals surface area contributed by atoms with Gasteiger partial charge in [0.2, 0.25) is 0 Å². The van der Waals surface area contributed by atoms with Crippen molar-refractivity contribution < 1.29 is 28.0 Å². The van der Waals surface area contributed by atoms with Gasteiger partial charge in [0, 0.05) is 18.2 Å². The van der Waals surface area contributed by atoms with Crippen LogP contribution in [0.5, 0.6) is 0 Å². The molecule has 1 aromatic carbocycles. The van der Waals surface area contributed by atoms with Crippen LogP contribution in [0.25, 0.3) is 0 Å². The van der Waals surface area contributed by atoms with E-state index in [4.69, 9.17) is 5.11 Å². The van der Waals surface area contributed by atoms with E-state index in [0.29, 0.717) is 4.90 Å². The van der Waals surface area contributed by atoms with Crippen LogP contribution in [0.2, 0.25) is 0 Å². The average molecular weight is 306 g/mol. The summed E-state index contributed by atoms with van der Waals surface area (Å²) >= 11 is 0. The van der Waals surface area contributed by atoms with Gasteiger partial charge < -0.3 is 5.11 Å². The quantitative estimate of drug-likeness (QED) is 0.616. The van der Waals surface area contributed by atoms with E-state index < -0.39 is 30.2 Å².